The van der Waals surface area contributed by atoms with E-state index in [4.69, 9.17) is 34.2 Å². The van der Waals surface area contributed by atoms with Gasteiger partial charge in [-0.1, -0.05) is 261 Å². The second-order valence-electron chi connectivity index (χ2n) is 22.6. The fraction of sp³-hybridized carbons (Fsp3) is 0.0779. The van der Waals surface area contributed by atoms with E-state index in [1.807, 2.05) is 72.8 Å². The van der Waals surface area contributed by atoms with E-state index >= 15 is 0 Å². The molecule has 1 fully saturated rings. The standard InChI is InChI=1S/C46H30N4.C31H28BNO2/c1-5-15-31(16-6-1)38-25-14-26-40-42(38)39-28-27-36(30-41(39)47-43(40)32-17-7-2-8-18-32)35-23-13-24-37(29-35)46-49-44(33-19-9-3-10-20-33)48-45(50-46)34-21-11-4-12-22-34;1-30(2)31(3,4)35-32(34-30)23-18-19-25-27(20-23)33-29(22-14-9-6-10-15-22)26-17-11-16-24(28(25)26)21-12-7-5-8-13-21/h1-30H;5-20H,1-4H3. The van der Waals surface area contributed by atoms with Crippen LogP contribution in [0.3, 0.4) is 0 Å². The van der Waals surface area contributed by atoms with Gasteiger partial charge in [0.05, 0.1) is 33.6 Å². The van der Waals surface area contributed by atoms with Gasteiger partial charge in [0.2, 0.25) is 0 Å². The molecular weight excluding hydrogens is 1040 g/mol. The lowest BCUT2D eigenvalue weighted by molar-refractivity contribution is 0.00578. The summed E-state index contributed by atoms with van der Waals surface area (Å²) in [6.07, 6.45) is 0. The molecule has 0 N–H and O–H groups in total. The van der Waals surface area contributed by atoms with Gasteiger partial charge < -0.3 is 9.31 Å². The zero-order valence-corrected chi connectivity index (χ0v) is 47.7. The van der Waals surface area contributed by atoms with E-state index in [9.17, 15) is 0 Å². The van der Waals surface area contributed by atoms with Crippen LogP contribution < -0.4 is 5.46 Å². The van der Waals surface area contributed by atoms with Crippen LogP contribution in [-0.2, 0) is 9.31 Å². The van der Waals surface area contributed by atoms with E-state index in [1.165, 1.54) is 33.0 Å². The maximum Gasteiger partial charge on any atom is 0.494 e. The molecule has 0 radical (unpaired) electrons. The molecule has 0 spiro atoms. The number of nitrogens with zero attached hydrogens (tertiary/aromatic N) is 5. The number of benzene rings is 11. The van der Waals surface area contributed by atoms with Crippen LogP contribution in [0, 0.1) is 0 Å². The Labute approximate surface area is 495 Å². The van der Waals surface area contributed by atoms with Gasteiger partial charge in [-0.25, -0.2) is 24.9 Å². The highest BCUT2D eigenvalue weighted by Crippen LogP contribution is 2.42. The van der Waals surface area contributed by atoms with Crippen molar-refractivity contribution in [1.82, 2.24) is 24.9 Å². The van der Waals surface area contributed by atoms with Crippen LogP contribution in [0.1, 0.15) is 27.7 Å². The number of hydrogen-bond acceptors (Lipinski definition) is 7. The molecule has 0 bridgehead atoms. The Hall–Kier alpha value is -10.2. The molecule has 14 aromatic rings. The summed E-state index contributed by atoms with van der Waals surface area (Å²) in [4.78, 5) is 25.3. The lowest BCUT2D eigenvalue weighted by Gasteiger charge is -2.32. The van der Waals surface area contributed by atoms with Crippen molar-refractivity contribution in [3.05, 3.63) is 279 Å². The van der Waals surface area contributed by atoms with Crippen LogP contribution in [0.25, 0.3) is 133 Å². The molecule has 0 amide bonds. The summed E-state index contributed by atoms with van der Waals surface area (Å²) >= 11 is 0. The third kappa shape index (κ3) is 10.2. The first-order valence-corrected chi connectivity index (χ1v) is 28.9. The van der Waals surface area contributed by atoms with E-state index in [0.717, 1.165) is 88.4 Å². The SMILES string of the molecule is CC1(C)OB(c2ccc3c(c2)nc(-c2ccccc2)c2cccc(-c4ccccc4)c23)OC1(C)C.c1ccc(-c2nc(-c3ccccc3)nc(-c3cccc(-c4ccc5c(c4)nc(-c4ccccc4)c4cccc(-c6ccccc6)c45)c3)n2)cc1. The quantitative estimate of drug-likeness (QED) is 0.105. The molecule has 0 saturated carbocycles. The summed E-state index contributed by atoms with van der Waals surface area (Å²) in [5.41, 5.74) is 16.0. The Bertz CT molecular complexity index is 4690. The zero-order chi connectivity index (χ0) is 57.5. The minimum Gasteiger partial charge on any atom is -0.399 e. The highest BCUT2D eigenvalue weighted by molar-refractivity contribution is 6.62. The smallest absolute Gasteiger partial charge is 0.399 e. The van der Waals surface area contributed by atoms with E-state index in [2.05, 4.69) is 234 Å². The summed E-state index contributed by atoms with van der Waals surface area (Å²) in [6.45, 7) is 8.33. The second kappa shape index (κ2) is 22.2. The molecule has 4 heterocycles. The number of hydrogen-bond donors (Lipinski definition) is 0. The Morgan fingerprint density at radius 2 is 0.624 bits per heavy atom. The molecule has 0 unspecified atom stereocenters. The van der Waals surface area contributed by atoms with Crippen LogP contribution in [-0.4, -0.2) is 43.2 Å². The molecule has 15 rings (SSSR count). The van der Waals surface area contributed by atoms with Gasteiger partial charge in [0, 0.05) is 60.1 Å². The number of rotatable bonds is 9. The first-order chi connectivity index (χ1) is 41.6. The molecule has 0 aliphatic carbocycles. The fourth-order valence-electron chi connectivity index (χ4n) is 11.6. The lowest BCUT2D eigenvalue weighted by Crippen LogP contribution is -2.41. The van der Waals surface area contributed by atoms with Gasteiger partial charge in [0.15, 0.2) is 17.5 Å². The van der Waals surface area contributed by atoms with Crippen LogP contribution >= 0.6 is 0 Å². The third-order valence-corrected chi connectivity index (χ3v) is 16.6. The van der Waals surface area contributed by atoms with Gasteiger partial charge in [-0.05, 0) is 84.7 Å². The van der Waals surface area contributed by atoms with Crippen molar-refractivity contribution >= 4 is 55.9 Å². The zero-order valence-electron chi connectivity index (χ0n) is 47.7. The molecule has 1 aliphatic rings. The Morgan fingerprint density at radius 3 is 1.08 bits per heavy atom. The third-order valence-electron chi connectivity index (χ3n) is 16.6. The van der Waals surface area contributed by atoms with Gasteiger partial charge in [-0.15, -0.1) is 0 Å². The number of aromatic nitrogens is 5. The number of fused-ring (bicyclic) bond motifs is 6. The topological polar surface area (TPSA) is 82.9 Å². The molecule has 11 aromatic carbocycles. The highest BCUT2D eigenvalue weighted by atomic mass is 16.7. The molecule has 1 aliphatic heterocycles. The fourth-order valence-corrected chi connectivity index (χ4v) is 11.6. The molecule has 406 valence electrons. The molecular formula is C77H58BN5O2. The Balaban J connectivity index is 0.000000161. The molecule has 3 aromatic heterocycles. The average molecular weight is 1100 g/mol. The lowest BCUT2D eigenvalue weighted by atomic mass is 9.78. The highest BCUT2D eigenvalue weighted by Gasteiger charge is 2.51. The van der Waals surface area contributed by atoms with Crippen LogP contribution in [0.2, 0.25) is 0 Å². The van der Waals surface area contributed by atoms with E-state index < -0.39 is 7.12 Å². The van der Waals surface area contributed by atoms with Crippen molar-refractivity contribution in [1.29, 1.82) is 0 Å². The largest absolute Gasteiger partial charge is 0.494 e. The predicted molar refractivity (Wildman–Crippen MR) is 351 cm³/mol. The summed E-state index contributed by atoms with van der Waals surface area (Å²) < 4.78 is 12.7. The van der Waals surface area contributed by atoms with Crippen LogP contribution in [0.4, 0.5) is 0 Å². The number of pyridine rings is 2. The van der Waals surface area contributed by atoms with Gasteiger partial charge in [0.25, 0.3) is 0 Å². The van der Waals surface area contributed by atoms with Crippen molar-refractivity contribution < 1.29 is 9.31 Å². The molecule has 8 heteroatoms. The van der Waals surface area contributed by atoms with Gasteiger partial charge >= 0.3 is 7.12 Å². The van der Waals surface area contributed by atoms with E-state index in [1.54, 1.807) is 0 Å². The maximum atomic E-state index is 6.34. The van der Waals surface area contributed by atoms with Crippen molar-refractivity contribution in [2.75, 3.05) is 0 Å². The molecule has 1 saturated heterocycles. The van der Waals surface area contributed by atoms with Crippen LogP contribution in [0.15, 0.2) is 279 Å². The molecule has 85 heavy (non-hydrogen) atoms. The van der Waals surface area contributed by atoms with E-state index in [-0.39, 0.29) is 11.2 Å². The average Bonchev–Trinajstić information content (AvgIpc) is 1.55. The maximum absolute atomic E-state index is 6.34. The predicted octanol–water partition coefficient (Wildman–Crippen LogP) is 18.6. The molecule has 0 atom stereocenters. The Morgan fingerprint density at radius 1 is 0.271 bits per heavy atom. The molecule has 7 nitrogen and oxygen atoms in total. The normalized spacial score (nSPS) is 13.5. The van der Waals surface area contributed by atoms with Crippen molar-refractivity contribution in [3.63, 3.8) is 0 Å². The summed E-state index contributed by atoms with van der Waals surface area (Å²) in [6, 6.07) is 96.7. The summed E-state index contributed by atoms with van der Waals surface area (Å²) in [5.74, 6) is 1.91. The van der Waals surface area contributed by atoms with Crippen molar-refractivity contribution in [2.45, 2.75) is 38.9 Å². The first-order valence-electron chi connectivity index (χ1n) is 28.9. The monoisotopic (exact) mass is 1100 g/mol. The minimum absolute atomic E-state index is 0.390. The van der Waals surface area contributed by atoms with Crippen molar-refractivity contribution in [3.8, 4) is 90.1 Å². The van der Waals surface area contributed by atoms with Gasteiger partial charge in [-0.3, -0.25) is 0 Å². The van der Waals surface area contributed by atoms with Crippen molar-refractivity contribution in [2.24, 2.45) is 0 Å². The second-order valence-corrected chi connectivity index (χ2v) is 22.6. The Kier molecular flexibility index (Phi) is 13.8. The van der Waals surface area contributed by atoms with Gasteiger partial charge in [-0.2, -0.15) is 0 Å². The first kappa shape index (κ1) is 52.8. The van der Waals surface area contributed by atoms with E-state index in [0.29, 0.717) is 17.5 Å². The summed E-state index contributed by atoms with van der Waals surface area (Å²) in [5, 5.41) is 6.94. The van der Waals surface area contributed by atoms with Gasteiger partial charge in [0.1, 0.15) is 0 Å². The van der Waals surface area contributed by atoms with Crippen LogP contribution in [0.5, 0.6) is 0 Å². The summed E-state index contributed by atoms with van der Waals surface area (Å²) in [7, 11) is -0.425. The minimum atomic E-state index is -0.425.